The van der Waals surface area contributed by atoms with Crippen molar-refractivity contribution >= 4 is 30.1 Å². The van der Waals surface area contributed by atoms with Gasteiger partial charge in [-0.2, -0.15) is 0 Å². The van der Waals surface area contributed by atoms with Gasteiger partial charge in [-0.1, -0.05) is 11.8 Å². The Hall–Kier alpha value is -1.57. The van der Waals surface area contributed by atoms with Gasteiger partial charge in [-0.25, -0.2) is 9.97 Å². The summed E-state index contributed by atoms with van der Waals surface area (Å²) in [6.45, 7) is 1.99. The van der Waals surface area contributed by atoms with Crippen LogP contribution in [0.25, 0.3) is 11.4 Å². The number of nitrogens with one attached hydrogen (secondary N) is 1. The molecule has 2 aromatic heterocycles. The SMILES string of the molecule is CSc1ncc2c(n1)-c1c(c(C(N)=O)cn1C1CCNCC1)CC2.Cl. The molecule has 0 unspecified atom stereocenters. The third kappa shape index (κ3) is 3.16. The fraction of sp³-hybridized carbons (Fsp3) is 0.471. The number of carbonyl (C=O) groups is 1. The summed E-state index contributed by atoms with van der Waals surface area (Å²) in [5.74, 6) is -0.346. The van der Waals surface area contributed by atoms with Gasteiger partial charge in [0.05, 0.1) is 17.0 Å². The summed E-state index contributed by atoms with van der Waals surface area (Å²) in [5, 5.41) is 4.16. The van der Waals surface area contributed by atoms with Gasteiger partial charge < -0.3 is 15.6 Å². The van der Waals surface area contributed by atoms with Crippen LogP contribution in [0.1, 0.15) is 40.4 Å². The molecule has 6 nitrogen and oxygen atoms in total. The molecule has 1 aliphatic heterocycles. The lowest BCUT2D eigenvalue weighted by molar-refractivity contribution is 0.0999. The van der Waals surface area contributed by atoms with E-state index in [1.54, 1.807) is 0 Å². The number of hydrogen-bond acceptors (Lipinski definition) is 5. The number of nitrogens with zero attached hydrogens (tertiary/aromatic N) is 3. The van der Waals surface area contributed by atoms with Crippen molar-refractivity contribution in [2.45, 2.75) is 36.9 Å². The first-order valence-corrected chi connectivity index (χ1v) is 9.56. The molecule has 1 fully saturated rings. The Kier molecular flexibility index (Phi) is 5.36. The minimum absolute atomic E-state index is 0. The van der Waals surface area contributed by atoms with Gasteiger partial charge in [0.25, 0.3) is 5.91 Å². The highest BCUT2D eigenvalue weighted by atomic mass is 35.5. The Morgan fingerprint density at radius 1 is 1.36 bits per heavy atom. The van der Waals surface area contributed by atoms with Crippen LogP contribution >= 0.6 is 24.2 Å². The highest BCUT2D eigenvalue weighted by Gasteiger charge is 2.30. The number of rotatable bonds is 3. The average Bonchev–Trinajstić information content (AvgIpc) is 3.02. The zero-order valence-electron chi connectivity index (χ0n) is 14.1. The Balaban J connectivity index is 0.00000182. The van der Waals surface area contributed by atoms with Gasteiger partial charge in [-0.05, 0) is 56.2 Å². The van der Waals surface area contributed by atoms with Crippen LogP contribution in [0.15, 0.2) is 17.6 Å². The van der Waals surface area contributed by atoms with E-state index in [1.807, 2.05) is 18.6 Å². The van der Waals surface area contributed by atoms with Gasteiger partial charge in [-0.3, -0.25) is 4.79 Å². The molecule has 2 aliphatic rings. The average molecular weight is 380 g/mol. The number of halogens is 1. The highest BCUT2D eigenvalue weighted by Crippen LogP contribution is 2.39. The van der Waals surface area contributed by atoms with Crippen molar-refractivity contribution in [1.29, 1.82) is 0 Å². The van der Waals surface area contributed by atoms with Crippen LogP contribution in [-0.2, 0) is 12.8 Å². The molecule has 0 radical (unpaired) electrons. The van der Waals surface area contributed by atoms with E-state index >= 15 is 0 Å². The van der Waals surface area contributed by atoms with E-state index in [0.717, 1.165) is 66.4 Å². The van der Waals surface area contributed by atoms with E-state index in [0.29, 0.717) is 11.6 Å². The van der Waals surface area contributed by atoms with Gasteiger partial charge >= 0.3 is 0 Å². The Bertz CT molecular complexity index is 801. The normalized spacial score (nSPS) is 16.7. The molecule has 0 aromatic carbocycles. The first-order valence-electron chi connectivity index (χ1n) is 8.33. The van der Waals surface area contributed by atoms with Crippen LogP contribution in [-0.4, -0.2) is 39.8 Å². The molecule has 0 bridgehead atoms. The number of amides is 1. The van der Waals surface area contributed by atoms with Crippen LogP contribution in [0.2, 0.25) is 0 Å². The van der Waals surface area contributed by atoms with E-state index in [9.17, 15) is 4.79 Å². The second-order valence-electron chi connectivity index (χ2n) is 6.35. The quantitative estimate of drug-likeness (QED) is 0.630. The van der Waals surface area contributed by atoms with Crippen molar-refractivity contribution < 1.29 is 4.79 Å². The standard InChI is InChI=1S/C17H21N5OS.ClH/c1-24-17-20-8-10-2-3-12-13(16(18)23)9-22(15(12)14(10)21-17)11-4-6-19-7-5-11;/h8-9,11,19H,2-7H2,1H3,(H2,18,23);1H. The lowest BCUT2D eigenvalue weighted by Gasteiger charge is -2.28. The molecule has 3 N–H and O–H groups in total. The zero-order chi connectivity index (χ0) is 16.7. The minimum Gasteiger partial charge on any atom is -0.366 e. The number of nitrogens with two attached hydrogens (primary N) is 1. The molecule has 3 heterocycles. The van der Waals surface area contributed by atoms with Gasteiger partial charge in [0.2, 0.25) is 0 Å². The summed E-state index contributed by atoms with van der Waals surface area (Å²) in [6.07, 6.45) is 9.64. The van der Waals surface area contributed by atoms with Crippen LogP contribution in [0.5, 0.6) is 0 Å². The Morgan fingerprint density at radius 3 is 2.80 bits per heavy atom. The second-order valence-corrected chi connectivity index (χ2v) is 7.13. The van der Waals surface area contributed by atoms with Crippen molar-refractivity contribution in [3.63, 3.8) is 0 Å². The predicted molar refractivity (Wildman–Crippen MR) is 102 cm³/mol. The number of aromatic nitrogens is 3. The maximum absolute atomic E-state index is 12.0. The fourth-order valence-electron chi connectivity index (χ4n) is 3.81. The lowest BCUT2D eigenvalue weighted by atomic mass is 9.92. The number of fused-ring (bicyclic) bond motifs is 3. The topological polar surface area (TPSA) is 85.8 Å². The van der Waals surface area contributed by atoms with Crippen LogP contribution in [0.3, 0.4) is 0 Å². The summed E-state index contributed by atoms with van der Waals surface area (Å²) in [7, 11) is 0. The molecule has 4 rings (SSSR count). The summed E-state index contributed by atoms with van der Waals surface area (Å²) in [5.41, 5.74) is 10.6. The first-order chi connectivity index (χ1) is 11.7. The molecule has 2 aromatic rings. The maximum Gasteiger partial charge on any atom is 0.250 e. The molecule has 0 atom stereocenters. The molecular formula is C17H22ClN5OS. The number of piperidine rings is 1. The van der Waals surface area contributed by atoms with Crippen LogP contribution in [0.4, 0.5) is 0 Å². The summed E-state index contributed by atoms with van der Waals surface area (Å²) in [6, 6.07) is 0.381. The van der Waals surface area contributed by atoms with Gasteiger partial charge in [0, 0.05) is 18.4 Å². The third-order valence-corrected chi connectivity index (χ3v) is 5.56. The molecule has 0 saturated carbocycles. The molecule has 8 heteroatoms. The summed E-state index contributed by atoms with van der Waals surface area (Å²) in [4.78, 5) is 21.1. The van der Waals surface area contributed by atoms with Crippen molar-refractivity contribution in [2.75, 3.05) is 19.3 Å². The van der Waals surface area contributed by atoms with Crippen molar-refractivity contribution in [1.82, 2.24) is 19.9 Å². The van der Waals surface area contributed by atoms with Crippen LogP contribution in [0, 0.1) is 0 Å². The summed E-state index contributed by atoms with van der Waals surface area (Å²) < 4.78 is 2.26. The molecule has 134 valence electrons. The van der Waals surface area contributed by atoms with Gasteiger partial charge in [-0.15, -0.1) is 12.4 Å². The number of primary amides is 1. The van der Waals surface area contributed by atoms with Gasteiger partial charge in [0.15, 0.2) is 5.16 Å². The van der Waals surface area contributed by atoms with E-state index in [4.69, 9.17) is 10.7 Å². The number of hydrogen-bond donors (Lipinski definition) is 2. The molecule has 1 amide bonds. The van der Waals surface area contributed by atoms with E-state index in [-0.39, 0.29) is 18.3 Å². The minimum atomic E-state index is -0.346. The smallest absolute Gasteiger partial charge is 0.250 e. The number of carbonyl (C=O) groups excluding carboxylic acids is 1. The Labute approximate surface area is 157 Å². The molecule has 25 heavy (non-hydrogen) atoms. The van der Waals surface area contributed by atoms with E-state index < -0.39 is 0 Å². The largest absolute Gasteiger partial charge is 0.366 e. The van der Waals surface area contributed by atoms with Crippen molar-refractivity contribution in [2.24, 2.45) is 5.73 Å². The molecular weight excluding hydrogens is 358 g/mol. The predicted octanol–water partition coefficient (Wildman–Crippen LogP) is 2.21. The van der Waals surface area contributed by atoms with Crippen LogP contribution < -0.4 is 11.1 Å². The Morgan fingerprint density at radius 2 is 2.12 bits per heavy atom. The van der Waals surface area contributed by atoms with Gasteiger partial charge in [0.1, 0.15) is 0 Å². The monoisotopic (exact) mass is 379 g/mol. The zero-order valence-corrected chi connectivity index (χ0v) is 15.8. The second kappa shape index (κ2) is 7.35. The molecule has 0 spiro atoms. The number of thioether (sulfide) groups is 1. The fourth-order valence-corrected chi connectivity index (χ4v) is 4.15. The summed E-state index contributed by atoms with van der Waals surface area (Å²) >= 11 is 1.54. The van der Waals surface area contributed by atoms with Crippen molar-refractivity contribution in [3.8, 4) is 11.4 Å². The van der Waals surface area contributed by atoms with Crippen molar-refractivity contribution in [3.05, 3.63) is 29.1 Å². The van der Waals surface area contributed by atoms with E-state index in [1.165, 1.54) is 11.8 Å². The lowest BCUT2D eigenvalue weighted by Crippen LogP contribution is -2.29. The maximum atomic E-state index is 12.0. The highest BCUT2D eigenvalue weighted by molar-refractivity contribution is 7.98. The molecule has 1 saturated heterocycles. The van der Waals surface area contributed by atoms with E-state index in [2.05, 4.69) is 14.9 Å². The third-order valence-electron chi connectivity index (χ3n) is 5.00. The first kappa shape index (κ1) is 18.2. The molecule has 1 aliphatic carbocycles. The number of aryl methyl sites for hydroxylation is 1.